The van der Waals surface area contributed by atoms with Crippen molar-refractivity contribution in [2.75, 3.05) is 24.2 Å². The lowest BCUT2D eigenvalue weighted by Crippen LogP contribution is -2.46. The summed E-state index contributed by atoms with van der Waals surface area (Å²) >= 11 is 0. The summed E-state index contributed by atoms with van der Waals surface area (Å²) in [4.78, 5) is 3.29. The predicted octanol–water partition coefficient (Wildman–Crippen LogP) is 2.48. The summed E-state index contributed by atoms with van der Waals surface area (Å²) in [5, 5.41) is 8.02. The van der Waals surface area contributed by atoms with Crippen LogP contribution in [0.4, 0.5) is 5.69 Å². The van der Waals surface area contributed by atoms with E-state index in [0.29, 0.717) is 6.04 Å². The third-order valence-corrected chi connectivity index (χ3v) is 5.61. The Morgan fingerprint density at radius 2 is 2.08 bits per heavy atom. The second-order valence-electron chi connectivity index (χ2n) is 6.57. The van der Waals surface area contributed by atoms with Crippen LogP contribution in [0.1, 0.15) is 31.4 Å². The lowest BCUT2D eigenvalue weighted by atomic mass is 10.0. The zero-order valence-electron chi connectivity index (χ0n) is 14.6. The zero-order valence-corrected chi connectivity index (χ0v) is 15.4. The quantitative estimate of drug-likeness (QED) is 0.904. The monoisotopic (exact) mass is 346 g/mol. The number of aryl methyl sites for hydroxylation is 1. The summed E-state index contributed by atoms with van der Waals surface area (Å²) in [6, 6.07) is 8.84. The number of nitrogens with zero attached hydrogens (tertiary/aromatic N) is 3. The number of benzene rings is 1. The summed E-state index contributed by atoms with van der Waals surface area (Å²) in [5.41, 5.74) is 2.44. The fraction of sp³-hybridized carbons (Fsp3) is 0.500. The van der Waals surface area contributed by atoms with E-state index in [0.717, 1.165) is 18.0 Å². The van der Waals surface area contributed by atoms with Gasteiger partial charge in [0, 0.05) is 60.4 Å². The largest absolute Gasteiger partial charge is 0.367 e. The summed E-state index contributed by atoms with van der Waals surface area (Å²) < 4.78 is 13.4. The molecule has 0 radical (unpaired) electrons. The van der Waals surface area contributed by atoms with Gasteiger partial charge < -0.3 is 10.2 Å². The first kappa shape index (κ1) is 17.2. The molecule has 0 aliphatic carbocycles. The van der Waals surface area contributed by atoms with Gasteiger partial charge in [-0.15, -0.1) is 0 Å². The maximum atomic E-state index is 11.5. The van der Waals surface area contributed by atoms with E-state index in [1.54, 1.807) is 6.26 Å². The summed E-state index contributed by atoms with van der Waals surface area (Å²) in [6.07, 6.45) is 8.11. The van der Waals surface area contributed by atoms with Crippen molar-refractivity contribution >= 4 is 16.5 Å². The number of anilines is 1. The van der Waals surface area contributed by atoms with Crippen LogP contribution in [-0.4, -0.2) is 39.4 Å². The SMILES string of the molecule is C[C@H](N[C@H]1CCCN(c2cnn(C)c2)C1)c1ccc([S@@](C)=O)cc1. The van der Waals surface area contributed by atoms with Crippen LogP contribution in [0.15, 0.2) is 41.6 Å². The third-order valence-electron chi connectivity index (χ3n) is 4.68. The molecule has 6 heteroatoms. The Bertz CT molecular complexity index is 697. The highest BCUT2D eigenvalue weighted by atomic mass is 32.2. The van der Waals surface area contributed by atoms with Crippen molar-refractivity contribution in [3.63, 3.8) is 0 Å². The van der Waals surface area contributed by atoms with Gasteiger partial charge in [0.1, 0.15) is 0 Å². The highest BCUT2D eigenvalue weighted by molar-refractivity contribution is 7.84. The van der Waals surface area contributed by atoms with Gasteiger partial charge in [-0.3, -0.25) is 8.89 Å². The van der Waals surface area contributed by atoms with Gasteiger partial charge in [-0.25, -0.2) is 0 Å². The molecule has 0 unspecified atom stereocenters. The Morgan fingerprint density at radius 1 is 1.33 bits per heavy atom. The van der Waals surface area contributed by atoms with E-state index < -0.39 is 10.8 Å². The van der Waals surface area contributed by atoms with Crippen LogP contribution in [0.3, 0.4) is 0 Å². The van der Waals surface area contributed by atoms with Crippen LogP contribution >= 0.6 is 0 Å². The van der Waals surface area contributed by atoms with Crippen molar-refractivity contribution in [1.82, 2.24) is 15.1 Å². The summed E-state index contributed by atoms with van der Waals surface area (Å²) in [7, 11) is 1.04. The van der Waals surface area contributed by atoms with Gasteiger partial charge >= 0.3 is 0 Å². The van der Waals surface area contributed by atoms with Crippen LogP contribution in [0.25, 0.3) is 0 Å². The fourth-order valence-electron chi connectivity index (χ4n) is 3.32. The zero-order chi connectivity index (χ0) is 17.1. The molecule has 1 aliphatic rings. The van der Waals surface area contributed by atoms with Crippen molar-refractivity contribution in [2.24, 2.45) is 7.05 Å². The molecular formula is C18H26N4OS. The number of aromatic nitrogens is 2. The van der Waals surface area contributed by atoms with Crippen LogP contribution in [0.2, 0.25) is 0 Å². The van der Waals surface area contributed by atoms with Crippen molar-refractivity contribution in [3.05, 3.63) is 42.2 Å². The van der Waals surface area contributed by atoms with Crippen LogP contribution in [0.5, 0.6) is 0 Å². The highest BCUT2D eigenvalue weighted by Gasteiger charge is 2.22. The molecular weight excluding hydrogens is 320 g/mol. The molecule has 24 heavy (non-hydrogen) atoms. The molecule has 0 saturated carbocycles. The second-order valence-corrected chi connectivity index (χ2v) is 7.95. The van der Waals surface area contributed by atoms with Gasteiger partial charge in [-0.2, -0.15) is 5.10 Å². The maximum absolute atomic E-state index is 11.5. The molecule has 3 atom stereocenters. The second kappa shape index (κ2) is 7.49. The molecule has 0 spiro atoms. The molecule has 0 amide bonds. The van der Waals surface area contributed by atoms with Crippen molar-refractivity contribution in [2.45, 2.75) is 36.7 Å². The summed E-state index contributed by atoms with van der Waals surface area (Å²) in [5.74, 6) is 0. The van der Waals surface area contributed by atoms with Gasteiger partial charge in [0.15, 0.2) is 0 Å². The lowest BCUT2D eigenvalue weighted by molar-refractivity contribution is 0.388. The van der Waals surface area contributed by atoms with Gasteiger partial charge in [-0.1, -0.05) is 12.1 Å². The number of piperidine rings is 1. The summed E-state index contributed by atoms with van der Waals surface area (Å²) in [6.45, 7) is 4.29. The van der Waals surface area contributed by atoms with Crippen molar-refractivity contribution in [1.29, 1.82) is 0 Å². The highest BCUT2D eigenvalue weighted by Crippen LogP contribution is 2.22. The van der Waals surface area contributed by atoms with Crippen LogP contribution in [0, 0.1) is 0 Å². The van der Waals surface area contributed by atoms with Gasteiger partial charge in [0.2, 0.25) is 0 Å². The molecule has 1 aliphatic heterocycles. The minimum atomic E-state index is -0.916. The lowest BCUT2D eigenvalue weighted by Gasteiger charge is -2.35. The van der Waals surface area contributed by atoms with Gasteiger partial charge in [0.05, 0.1) is 11.9 Å². The van der Waals surface area contributed by atoms with E-state index >= 15 is 0 Å². The number of rotatable bonds is 5. The van der Waals surface area contributed by atoms with Crippen molar-refractivity contribution in [3.8, 4) is 0 Å². The molecule has 5 nitrogen and oxygen atoms in total. The third kappa shape index (κ3) is 4.05. The van der Waals surface area contributed by atoms with E-state index in [4.69, 9.17) is 0 Å². The number of hydrogen-bond acceptors (Lipinski definition) is 4. The Kier molecular flexibility index (Phi) is 5.36. The molecule has 130 valence electrons. The Labute approximate surface area is 146 Å². The van der Waals surface area contributed by atoms with Crippen LogP contribution < -0.4 is 10.2 Å². The Morgan fingerprint density at radius 3 is 2.71 bits per heavy atom. The maximum Gasteiger partial charge on any atom is 0.0752 e. The van der Waals surface area contributed by atoms with E-state index in [9.17, 15) is 4.21 Å². The molecule has 0 bridgehead atoms. The van der Waals surface area contributed by atoms with E-state index in [1.807, 2.05) is 30.1 Å². The van der Waals surface area contributed by atoms with Crippen LogP contribution in [-0.2, 0) is 17.8 Å². The Hall–Kier alpha value is -1.66. The molecule has 1 saturated heterocycles. The number of hydrogen-bond donors (Lipinski definition) is 1. The van der Waals surface area contributed by atoms with E-state index in [1.165, 1.54) is 24.1 Å². The minimum absolute atomic E-state index is 0.281. The topological polar surface area (TPSA) is 50.2 Å². The smallest absolute Gasteiger partial charge is 0.0752 e. The molecule has 1 fully saturated rings. The first-order valence-corrected chi connectivity index (χ1v) is 10.0. The average Bonchev–Trinajstić information content (AvgIpc) is 3.02. The molecule has 3 rings (SSSR count). The van der Waals surface area contributed by atoms with E-state index in [-0.39, 0.29) is 6.04 Å². The minimum Gasteiger partial charge on any atom is -0.367 e. The first-order chi connectivity index (χ1) is 11.5. The predicted molar refractivity (Wildman–Crippen MR) is 98.8 cm³/mol. The normalized spacial score (nSPS) is 20.8. The van der Waals surface area contributed by atoms with Gasteiger partial charge in [0.25, 0.3) is 0 Å². The molecule has 2 aromatic rings. The number of nitrogens with one attached hydrogen (secondary N) is 1. The average molecular weight is 347 g/mol. The van der Waals surface area contributed by atoms with Crippen molar-refractivity contribution < 1.29 is 4.21 Å². The fourth-order valence-corrected chi connectivity index (χ4v) is 3.84. The molecule has 2 heterocycles. The standard InChI is InChI=1S/C18H26N4OS/c1-14(15-6-8-18(9-7-15)24(3)23)20-16-5-4-10-22(12-16)17-11-19-21(2)13-17/h6-9,11,13-14,16,20H,4-5,10,12H2,1-3H3/t14-,16-,24+/m0/s1. The molecule has 1 aromatic heterocycles. The molecule has 1 aromatic carbocycles. The van der Waals surface area contributed by atoms with Gasteiger partial charge in [-0.05, 0) is 37.5 Å². The first-order valence-electron chi connectivity index (χ1n) is 8.46. The Balaban J connectivity index is 1.61. The molecule has 1 N–H and O–H groups in total. The van der Waals surface area contributed by atoms with E-state index in [2.05, 4.69) is 40.6 Å².